The van der Waals surface area contributed by atoms with E-state index in [1.54, 1.807) is 23.1 Å². The summed E-state index contributed by atoms with van der Waals surface area (Å²) in [6.45, 7) is 0.548. The summed E-state index contributed by atoms with van der Waals surface area (Å²) >= 11 is 0. The first kappa shape index (κ1) is 15.0. The van der Waals surface area contributed by atoms with Crippen molar-refractivity contribution in [1.82, 2.24) is 4.90 Å². The quantitative estimate of drug-likeness (QED) is 0.873. The van der Waals surface area contributed by atoms with E-state index in [1.165, 1.54) is 12.1 Å². The zero-order valence-corrected chi connectivity index (χ0v) is 12.1. The second-order valence-corrected chi connectivity index (χ2v) is 7.06. The lowest BCUT2D eigenvalue weighted by atomic mass is 10.2. The highest BCUT2D eigenvalue weighted by Gasteiger charge is 2.28. The van der Waals surface area contributed by atoms with E-state index in [4.69, 9.17) is 0 Å². The molecule has 1 amide bonds. The summed E-state index contributed by atoms with van der Waals surface area (Å²) in [5.74, 6) is -0.383. The standard InChI is InChI=1S/C14H19NO4S/c16-11-12-5-4-9-15(12)14(17)8-10-20(18,19)13-6-2-1-3-7-13/h1-3,6-7,12,16H,4-5,8-11H2/t12-/m1/s1. The van der Waals surface area contributed by atoms with Crippen LogP contribution in [0.3, 0.4) is 0 Å². The molecule has 1 aromatic carbocycles. The van der Waals surface area contributed by atoms with Gasteiger partial charge in [0, 0.05) is 13.0 Å². The Kier molecular flexibility index (Phi) is 4.77. The number of carbonyl (C=O) groups is 1. The molecule has 0 saturated carbocycles. The molecular weight excluding hydrogens is 278 g/mol. The second kappa shape index (κ2) is 6.37. The largest absolute Gasteiger partial charge is 0.394 e. The van der Waals surface area contributed by atoms with E-state index in [-0.39, 0.29) is 35.6 Å². The van der Waals surface area contributed by atoms with Crippen molar-refractivity contribution in [3.63, 3.8) is 0 Å². The van der Waals surface area contributed by atoms with Crippen molar-refractivity contribution < 1.29 is 18.3 Å². The molecule has 0 spiro atoms. The number of rotatable bonds is 5. The van der Waals surface area contributed by atoms with Crippen LogP contribution in [0.1, 0.15) is 19.3 Å². The van der Waals surface area contributed by atoms with Crippen LogP contribution in [0.25, 0.3) is 0 Å². The maximum absolute atomic E-state index is 12.1. The second-order valence-electron chi connectivity index (χ2n) is 4.95. The normalized spacial score (nSPS) is 19.2. The molecular formula is C14H19NO4S. The minimum Gasteiger partial charge on any atom is -0.394 e. The molecule has 0 aliphatic carbocycles. The van der Waals surface area contributed by atoms with Crippen molar-refractivity contribution in [2.75, 3.05) is 18.9 Å². The molecule has 2 rings (SSSR count). The van der Waals surface area contributed by atoms with E-state index in [9.17, 15) is 18.3 Å². The van der Waals surface area contributed by atoms with Crippen molar-refractivity contribution in [3.8, 4) is 0 Å². The number of hydrogen-bond acceptors (Lipinski definition) is 4. The molecule has 0 bridgehead atoms. The number of sulfone groups is 1. The Labute approximate surface area is 119 Å². The summed E-state index contributed by atoms with van der Waals surface area (Å²) in [4.78, 5) is 13.9. The minimum atomic E-state index is -3.42. The smallest absolute Gasteiger partial charge is 0.223 e. The fourth-order valence-electron chi connectivity index (χ4n) is 2.46. The number of benzene rings is 1. The van der Waals surface area contributed by atoms with Crippen molar-refractivity contribution in [1.29, 1.82) is 0 Å². The lowest BCUT2D eigenvalue weighted by molar-refractivity contribution is -0.132. The average Bonchev–Trinajstić information content (AvgIpc) is 2.94. The lowest BCUT2D eigenvalue weighted by Gasteiger charge is -2.22. The zero-order valence-electron chi connectivity index (χ0n) is 11.2. The van der Waals surface area contributed by atoms with Gasteiger partial charge in [0.2, 0.25) is 5.91 Å². The van der Waals surface area contributed by atoms with Crippen LogP contribution in [0.5, 0.6) is 0 Å². The van der Waals surface area contributed by atoms with Gasteiger partial charge in [-0.3, -0.25) is 4.79 Å². The van der Waals surface area contributed by atoms with Crippen molar-refractivity contribution in [2.24, 2.45) is 0 Å². The van der Waals surface area contributed by atoms with E-state index in [0.717, 1.165) is 12.8 Å². The third kappa shape index (κ3) is 3.37. The number of hydrogen-bond donors (Lipinski definition) is 1. The highest BCUT2D eigenvalue weighted by molar-refractivity contribution is 7.91. The monoisotopic (exact) mass is 297 g/mol. The molecule has 0 unspecified atom stereocenters. The van der Waals surface area contributed by atoms with Crippen LogP contribution in [-0.2, 0) is 14.6 Å². The number of nitrogens with zero attached hydrogens (tertiary/aromatic N) is 1. The average molecular weight is 297 g/mol. The molecule has 20 heavy (non-hydrogen) atoms. The topological polar surface area (TPSA) is 74.7 Å². The molecule has 1 saturated heterocycles. The molecule has 110 valence electrons. The van der Waals surface area contributed by atoms with E-state index in [2.05, 4.69) is 0 Å². The molecule has 6 heteroatoms. The molecule has 5 nitrogen and oxygen atoms in total. The predicted octanol–water partition coefficient (Wildman–Crippen LogP) is 0.834. The van der Waals surface area contributed by atoms with Crippen LogP contribution in [0.15, 0.2) is 35.2 Å². The van der Waals surface area contributed by atoms with Crippen LogP contribution < -0.4 is 0 Å². The summed E-state index contributed by atoms with van der Waals surface area (Å²) in [5.41, 5.74) is 0. The number of carbonyl (C=O) groups excluding carboxylic acids is 1. The van der Waals surface area contributed by atoms with Crippen LogP contribution in [0, 0.1) is 0 Å². The van der Waals surface area contributed by atoms with Gasteiger partial charge in [-0.25, -0.2) is 8.42 Å². The summed E-state index contributed by atoms with van der Waals surface area (Å²) in [5, 5.41) is 9.18. The Hall–Kier alpha value is -1.40. The Morgan fingerprint density at radius 1 is 1.30 bits per heavy atom. The SMILES string of the molecule is O=C(CCS(=O)(=O)c1ccccc1)N1CCC[C@@H]1CO. The highest BCUT2D eigenvalue weighted by Crippen LogP contribution is 2.19. The third-order valence-electron chi connectivity index (χ3n) is 3.60. The van der Waals surface area contributed by atoms with Gasteiger partial charge in [-0.2, -0.15) is 0 Å². The molecule has 1 aliphatic rings. The molecule has 1 aliphatic heterocycles. The first-order valence-corrected chi connectivity index (χ1v) is 8.38. The summed E-state index contributed by atoms with van der Waals surface area (Å²) in [6.07, 6.45) is 1.61. The maximum atomic E-state index is 12.1. The summed E-state index contributed by atoms with van der Waals surface area (Å²) in [7, 11) is -3.42. The fourth-order valence-corrected chi connectivity index (χ4v) is 3.72. The molecule has 0 radical (unpaired) electrons. The first-order valence-electron chi connectivity index (χ1n) is 6.73. The van der Waals surface area contributed by atoms with E-state index < -0.39 is 9.84 Å². The Bertz CT molecular complexity index is 556. The molecule has 1 fully saturated rings. The van der Waals surface area contributed by atoms with Gasteiger partial charge < -0.3 is 10.0 Å². The van der Waals surface area contributed by atoms with Crippen LogP contribution >= 0.6 is 0 Å². The fraction of sp³-hybridized carbons (Fsp3) is 0.500. The maximum Gasteiger partial charge on any atom is 0.223 e. The molecule has 1 N–H and O–H groups in total. The van der Waals surface area contributed by atoms with Gasteiger partial charge in [0.15, 0.2) is 9.84 Å². The van der Waals surface area contributed by atoms with Gasteiger partial charge >= 0.3 is 0 Å². The van der Waals surface area contributed by atoms with E-state index in [0.29, 0.717) is 6.54 Å². The van der Waals surface area contributed by atoms with E-state index in [1.807, 2.05) is 0 Å². The van der Waals surface area contributed by atoms with Gasteiger partial charge in [-0.05, 0) is 25.0 Å². The zero-order chi connectivity index (χ0) is 14.6. The molecule has 0 aromatic heterocycles. The molecule has 1 aromatic rings. The Morgan fingerprint density at radius 3 is 2.65 bits per heavy atom. The number of aliphatic hydroxyl groups is 1. The van der Waals surface area contributed by atoms with Gasteiger partial charge in [0.25, 0.3) is 0 Å². The predicted molar refractivity (Wildman–Crippen MR) is 74.9 cm³/mol. The highest BCUT2D eigenvalue weighted by atomic mass is 32.2. The van der Waals surface area contributed by atoms with E-state index >= 15 is 0 Å². The summed E-state index contributed by atoms with van der Waals surface area (Å²) < 4.78 is 24.2. The van der Waals surface area contributed by atoms with Crippen LogP contribution in [0.2, 0.25) is 0 Å². The van der Waals surface area contributed by atoms with Gasteiger partial charge in [0.1, 0.15) is 0 Å². The van der Waals surface area contributed by atoms with Crippen molar-refractivity contribution >= 4 is 15.7 Å². The van der Waals surface area contributed by atoms with Crippen LogP contribution in [0.4, 0.5) is 0 Å². The number of aliphatic hydroxyl groups excluding tert-OH is 1. The van der Waals surface area contributed by atoms with Crippen molar-refractivity contribution in [2.45, 2.75) is 30.2 Å². The Morgan fingerprint density at radius 2 is 2.00 bits per heavy atom. The van der Waals surface area contributed by atoms with Crippen molar-refractivity contribution in [3.05, 3.63) is 30.3 Å². The first-order chi connectivity index (χ1) is 9.54. The number of amides is 1. The lowest BCUT2D eigenvalue weighted by Crippen LogP contribution is -2.38. The molecule has 1 atom stereocenters. The Balaban J connectivity index is 1.97. The van der Waals surface area contributed by atoms with Gasteiger partial charge in [0.05, 0.1) is 23.3 Å². The number of likely N-dealkylation sites (tertiary alicyclic amines) is 1. The minimum absolute atomic E-state index is 0.0340. The molecule has 1 heterocycles. The van der Waals surface area contributed by atoms with Crippen LogP contribution in [-0.4, -0.2) is 49.3 Å². The third-order valence-corrected chi connectivity index (χ3v) is 5.33. The van der Waals surface area contributed by atoms with Gasteiger partial charge in [-0.15, -0.1) is 0 Å². The van der Waals surface area contributed by atoms with Gasteiger partial charge in [-0.1, -0.05) is 18.2 Å². The summed E-state index contributed by atoms with van der Waals surface area (Å²) in [6, 6.07) is 7.99.